The smallest absolute Gasteiger partial charge is 0.0314 e. The Morgan fingerprint density at radius 1 is 0.867 bits per heavy atom. The molecular weight excluding hydrogens is 250 g/mol. The van der Waals surface area contributed by atoms with E-state index in [0.717, 1.165) is 10.2 Å². The fourth-order valence-electron chi connectivity index (χ4n) is 0.997. The van der Waals surface area contributed by atoms with E-state index in [-0.39, 0.29) is 0 Å². The number of nitrogen functional groups attached to an aromatic ring is 1. The lowest BCUT2D eigenvalue weighted by Crippen LogP contribution is -1.80. The molecule has 15 heavy (non-hydrogen) atoms. The maximum Gasteiger partial charge on any atom is 0.0314 e. The molecule has 2 N–H and O–H groups in total. The quantitative estimate of drug-likeness (QED) is 0.714. The minimum Gasteiger partial charge on any atom is -0.399 e. The lowest BCUT2D eigenvalue weighted by Gasteiger charge is -1.88. The molecule has 0 amide bonds. The normalized spacial score (nSPS) is 8.93. The zero-order chi connectivity index (χ0) is 11.1. The SMILES string of the molecule is Cc1ccccc1.Nc1ccc(Br)cc1. The Morgan fingerprint density at radius 3 is 1.73 bits per heavy atom. The Balaban J connectivity index is 0.000000151. The molecule has 2 rings (SSSR count). The van der Waals surface area contributed by atoms with Crippen LogP contribution in [-0.2, 0) is 0 Å². The zero-order valence-electron chi connectivity index (χ0n) is 8.65. The monoisotopic (exact) mass is 263 g/mol. The summed E-state index contributed by atoms with van der Waals surface area (Å²) < 4.78 is 1.06. The number of anilines is 1. The number of halogens is 1. The highest BCUT2D eigenvalue weighted by atomic mass is 79.9. The van der Waals surface area contributed by atoms with Crippen LogP contribution < -0.4 is 5.73 Å². The fraction of sp³-hybridized carbons (Fsp3) is 0.0769. The van der Waals surface area contributed by atoms with Crippen LogP contribution in [0.5, 0.6) is 0 Å². The lowest BCUT2D eigenvalue weighted by atomic mass is 10.2. The van der Waals surface area contributed by atoms with Crippen molar-refractivity contribution < 1.29 is 0 Å². The van der Waals surface area contributed by atoms with Crippen LogP contribution in [0.4, 0.5) is 5.69 Å². The molecule has 2 heteroatoms. The van der Waals surface area contributed by atoms with Crippen LogP contribution in [0.15, 0.2) is 59.1 Å². The van der Waals surface area contributed by atoms with Crippen LogP contribution in [0.2, 0.25) is 0 Å². The number of hydrogen-bond acceptors (Lipinski definition) is 1. The first-order valence-electron chi connectivity index (χ1n) is 4.71. The maximum absolute atomic E-state index is 5.41. The van der Waals surface area contributed by atoms with E-state index in [1.54, 1.807) is 0 Å². The van der Waals surface area contributed by atoms with E-state index in [4.69, 9.17) is 5.73 Å². The molecule has 78 valence electrons. The number of benzene rings is 2. The second-order valence-corrected chi connectivity index (χ2v) is 4.12. The van der Waals surface area contributed by atoms with Crippen molar-refractivity contribution in [2.24, 2.45) is 0 Å². The highest BCUT2D eigenvalue weighted by Gasteiger charge is 1.81. The molecule has 0 radical (unpaired) electrons. The fourth-order valence-corrected chi connectivity index (χ4v) is 1.26. The predicted octanol–water partition coefficient (Wildman–Crippen LogP) is 4.03. The number of rotatable bonds is 0. The van der Waals surface area contributed by atoms with Crippen molar-refractivity contribution in [3.05, 3.63) is 64.6 Å². The van der Waals surface area contributed by atoms with Crippen molar-refractivity contribution in [3.8, 4) is 0 Å². The molecule has 0 aliphatic carbocycles. The van der Waals surface area contributed by atoms with Gasteiger partial charge in [0, 0.05) is 10.2 Å². The molecule has 0 saturated carbocycles. The summed E-state index contributed by atoms with van der Waals surface area (Å²) in [6.45, 7) is 2.08. The van der Waals surface area contributed by atoms with Crippen molar-refractivity contribution in [1.82, 2.24) is 0 Å². The highest BCUT2D eigenvalue weighted by Crippen LogP contribution is 2.10. The Hall–Kier alpha value is -1.28. The molecule has 0 saturated heterocycles. The Labute approximate surface area is 99.1 Å². The molecule has 0 aliphatic heterocycles. The average Bonchev–Trinajstić information content (AvgIpc) is 2.25. The molecule has 0 aliphatic rings. The lowest BCUT2D eigenvalue weighted by molar-refractivity contribution is 1.48. The highest BCUT2D eigenvalue weighted by molar-refractivity contribution is 9.10. The van der Waals surface area contributed by atoms with Gasteiger partial charge in [-0.15, -0.1) is 0 Å². The molecule has 0 unspecified atom stereocenters. The van der Waals surface area contributed by atoms with Gasteiger partial charge in [-0.3, -0.25) is 0 Å². The summed E-state index contributed by atoms with van der Waals surface area (Å²) in [4.78, 5) is 0. The molecule has 0 aromatic heterocycles. The van der Waals surface area contributed by atoms with Gasteiger partial charge in [0.15, 0.2) is 0 Å². The van der Waals surface area contributed by atoms with E-state index in [9.17, 15) is 0 Å². The van der Waals surface area contributed by atoms with Gasteiger partial charge in [-0.1, -0.05) is 51.8 Å². The zero-order valence-corrected chi connectivity index (χ0v) is 10.2. The average molecular weight is 264 g/mol. The summed E-state index contributed by atoms with van der Waals surface area (Å²) in [5.41, 5.74) is 7.53. The first-order valence-corrected chi connectivity index (χ1v) is 5.50. The maximum atomic E-state index is 5.41. The molecular formula is C13H14BrN. The Kier molecular flexibility index (Phi) is 4.91. The number of hydrogen-bond donors (Lipinski definition) is 1. The minimum absolute atomic E-state index is 0.799. The van der Waals surface area contributed by atoms with Gasteiger partial charge in [0.05, 0.1) is 0 Å². The predicted molar refractivity (Wildman–Crippen MR) is 69.7 cm³/mol. The standard InChI is InChI=1S/C7H8.C6H6BrN/c1-7-5-3-2-4-6-7;7-5-1-3-6(8)4-2-5/h2-6H,1H3;1-4H,8H2. The number of aryl methyl sites for hydroxylation is 1. The van der Waals surface area contributed by atoms with Crippen LogP contribution in [0.1, 0.15) is 5.56 Å². The molecule has 1 nitrogen and oxygen atoms in total. The van der Waals surface area contributed by atoms with Gasteiger partial charge < -0.3 is 5.73 Å². The third-order valence-corrected chi connectivity index (χ3v) is 2.34. The summed E-state index contributed by atoms with van der Waals surface area (Å²) in [5, 5.41) is 0. The van der Waals surface area contributed by atoms with Crippen LogP contribution in [-0.4, -0.2) is 0 Å². The summed E-state index contributed by atoms with van der Waals surface area (Å²) in [6, 6.07) is 17.8. The van der Waals surface area contributed by atoms with Gasteiger partial charge in [0.25, 0.3) is 0 Å². The van der Waals surface area contributed by atoms with E-state index in [1.807, 2.05) is 42.5 Å². The van der Waals surface area contributed by atoms with Crippen molar-refractivity contribution in [2.45, 2.75) is 6.92 Å². The van der Waals surface area contributed by atoms with Gasteiger partial charge in [0.2, 0.25) is 0 Å². The van der Waals surface area contributed by atoms with Crippen LogP contribution >= 0.6 is 15.9 Å². The van der Waals surface area contributed by atoms with Gasteiger partial charge in [-0.05, 0) is 31.2 Å². The summed E-state index contributed by atoms with van der Waals surface area (Å²) in [5.74, 6) is 0. The summed E-state index contributed by atoms with van der Waals surface area (Å²) in [6.07, 6.45) is 0. The third-order valence-electron chi connectivity index (χ3n) is 1.81. The third kappa shape index (κ3) is 5.23. The summed E-state index contributed by atoms with van der Waals surface area (Å²) in [7, 11) is 0. The van der Waals surface area contributed by atoms with Crippen molar-refractivity contribution in [1.29, 1.82) is 0 Å². The Bertz CT molecular complexity index is 360. The van der Waals surface area contributed by atoms with Crippen LogP contribution in [0.3, 0.4) is 0 Å². The molecule has 0 heterocycles. The van der Waals surface area contributed by atoms with E-state index in [2.05, 4.69) is 35.0 Å². The summed E-state index contributed by atoms with van der Waals surface area (Å²) >= 11 is 3.29. The van der Waals surface area contributed by atoms with Crippen LogP contribution in [0.25, 0.3) is 0 Å². The van der Waals surface area contributed by atoms with Crippen molar-refractivity contribution in [3.63, 3.8) is 0 Å². The topological polar surface area (TPSA) is 26.0 Å². The van der Waals surface area contributed by atoms with Gasteiger partial charge >= 0.3 is 0 Å². The molecule has 0 atom stereocenters. The number of nitrogens with two attached hydrogens (primary N) is 1. The minimum atomic E-state index is 0.799. The van der Waals surface area contributed by atoms with Crippen LogP contribution in [0, 0.1) is 6.92 Å². The Morgan fingerprint density at radius 2 is 1.40 bits per heavy atom. The second kappa shape index (κ2) is 6.25. The molecule has 0 bridgehead atoms. The van der Waals surface area contributed by atoms with E-state index >= 15 is 0 Å². The van der Waals surface area contributed by atoms with Crippen molar-refractivity contribution >= 4 is 21.6 Å². The second-order valence-electron chi connectivity index (χ2n) is 3.21. The van der Waals surface area contributed by atoms with Gasteiger partial charge in [0.1, 0.15) is 0 Å². The largest absolute Gasteiger partial charge is 0.399 e. The van der Waals surface area contributed by atoms with Gasteiger partial charge in [-0.2, -0.15) is 0 Å². The molecule has 0 fully saturated rings. The van der Waals surface area contributed by atoms with E-state index in [1.165, 1.54) is 5.56 Å². The molecule has 2 aromatic rings. The first kappa shape index (κ1) is 11.8. The van der Waals surface area contributed by atoms with E-state index < -0.39 is 0 Å². The molecule has 2 aromatic carbocycles. The molecule has 0 spiro atoms. The van der Waals surface area contributed by atoms with E-state index in [0.29, 0.717) is 0 Å². The van der Waals surface area contributed by atoms with Gasteiger partial charge in [-0.25, -0.2) is 0 Å². The first-order chi connectivity index (χ1) is 7.18. The van der Waals surface area contributed by atoms with Crippen molar-refractivity contribution in [2.75, 3.05) is 5.73 Å².